The van der Waals surface area contributed by atoms with Gasteiger partial charge in [-0.05, 0) is 30.3 Å². The first kappa shape index (κ1) is 18.9. The fourth-order valence-electron chi connectivity index (χ4n) is 2.90. The second-order valence-electron chi connectivity index (χ2n) is 6.96. The van der Waals surface area contributed by atoms with Crippen LogP contribution in [-0.2, 0) is 4.79 Å². The van der Waals surface area contributed by atoms with E-state index >= 15 is 0 Å². The van der Waals surface area contributed by atoms with Gasteiger partial charge in [0.2, 0.25) is 5.91 Å². The van der Waals surface area contributed by atoms with Crippen molar-refractivity contribution in [2.24, 2.45) is 5.92 Å². The third kappa shape index (κ3) is 4.05. The molecule has 7 heteroatoms. The summed E-state index contributed by atoms with van der Waals surface area (Å²) in [4.78, 5) is 32.1. The maximum atomic E-state index is 12.5. The lowest BCUT2D eigenvalue weighted by Crippen LogP contribution is -2.18. The van der Waals surface area contributed by atoms with Gasteiger partial charge in [0, 0.05) is 45.2 Å². The number of thiazole rings is 1. The predicted molar refractivity (Wildman–Crippen MR) is 117 cm³/mol. The van der Waals surface area contributed by atoms with E-state index in [2.05, 4.69) is 20.6 Å². The topological polar surface area (TPSA) is 86.9 Å². The van der Waals surface area contributed by atoms with Crippen LogP contribution in [-0.4, -0.2) is 21.8 Å². The monoisotopic (exact) mass is 404 g/mol. The lowest BCUT2D eigenvalue weighted by Gasteiger charge is -2.08. The van der Waals surface area contributed by atoms with Gasteiger partial charge in [-0.15, -0.1) is 11.3 Å². The van der Waals surface area contributed by atoms with Gasteiger partial charge in [-0.3, -0.25) is 14.9 Å². The molecule has 0 atom stereocenters. The lowest BCUT2D eigenvalue weighted by molar-refractivity contribution is -0.118. The molecule has 4 aromatic rings. The fraction of sp³-hybridized carbons (Fsp3) is 0.136. The Morgan fingerprint density at radius 2 is 1.79 bits per heavy atom. The largest absolute Gasteiger partial charge is 0.360 e. The second kappa shape index (κ2) is 7.89. The minimum atomic E-state index is -0.244. The van der Waals surface area contributed by atoms with Crippen LogP contribution >= 0.6 is 11.3 Å². The van der Waals surface area contributed by atoms with Gasteiger partial charge in [-0.2, -0.15) is 0 Å². The zero-order valence-corrected chi connectivity index (χ0v) is 16.8. The molecule has 2 aromatic carbocycles. The van der Waals surface area contributed by atoms with Crippen LogP contribution in [0.2, 0.25) is 0 Å². The van der Waals surface area contributed by atoms with Crippen LogP contribution < -0.4 is 10.6 Å². The van der Waals surface area contributed by atoms with Crippen LogP contribution in [0.15, 0.2) is 60.1 Å². The number of carbonyl (C=O) groups excluding carboxylic acids is 2. The van der Waals surface area contributed by atoms with Crippen LogP contribution in [0.5, 0.6) is 0 Å². The van der Waals surface area contributed by atoms with Gasteiger partial charge in [-0.1, -0.05) is 32.0 Å². The van der Waals surface area contributed by atoms with E-state index in [0.29, 0.717) is 16.4 Å². The molecule has 0 spiro atoms. The summed E-state index contributed by atoms with van der Waals surface area (Å²) in [7, 11) is 0. The smallest absolute Gasteiger partial charge is 0.257 e. The maximum absolute atomic E-state index is 12.5. The highest BCUT2D eigenvalue weighted by Gasteiger charge is 2.13. The Kier molecular flexibility index (Phi) is 5.14. The van der Waals surface area contributed by atoms with Crippen molar-refractivity contribution in [3.05, 3.63) is 65.7 Å². The number of amides is 2. The number of para-hydroxylation sites is 1. The Morgan fingerprint density at radius 1 is 1.03 bits per heavy atom. The van der Waals surface area contributed by atoms with Gasteiger partial charge in [0.05, 0.1) is 5.69 Å². The summed E-state index contributed by atoms with van der Waals surface area (Å²) < 4.78 is 0. The quantitative estimate of drug-likeness (QED) is 0.430. The number of aromatic amines is 1. The van der Waals surface area contributed by atoms with Crippen molar-refractivity contribution in [3.63, 3.8) is 0 Å². The zero-order chi connectivity index (χ0) is 20.4. The molecular weight excluding hydrogens is 384 g/mol. The second-order valence-corrected chi connectivity index (χ2v) is 7.82. The SMILES string of the molecule is CC(C)C(=O)Nc1ccc(C(=O)Nc2nc(-c3c[nH]c4ccccc34)cs2)cc1. The Hall–Kier alpha value is -3.45. The van der Waals surface area contributed by atoms with Crippen molar-refractivity contribution in [3.8, 4) is 11.3 Å². The number of H-pyrrole nitrogens is 1. The molecule has 146 valence electrons. The molecule has 0 radical (unpaired) electrons. The maximum Gasteiger partial charge on any atom is 0.257 e. The van der Waals surface area contributed by atoms with Gasteiger partial charge in [0.1, 0.15) is 0 Å². The van der Waals surface area contributed by atoms with Gasteiger partial charge in [0.25, 0.3) is 5.91 Å². The van der Waals surface area contributed by atoms with Crippen molar-refractivity contribution < 1.29 is 9.59 Å². The predicted octanol–water partition coefficient (Wildman–Crippen LogP) is 5.14. The molecule has 2 heterocycles. The number of nitrogens with one attached hydrogen (secondary N) is 3. The van der Waals surface area contributed by atoms with Gasteiger partial charge in [0.15, 0.2) is 5.13 Å². The molecule has 0 fully saturated rings. The number of hydrogen-bond donors (Lipinski definition) is 3. The number of nitrogens with zero attached hydrogens (tertiary/aromatic N) is 1. The fourth-order valence-corrected chi connectivity index (χ4v) is 3.60. The first-order chi connectivity index (χ1) is 14.0. The molecule has 0 aliphatic heterocycles. The molecule has 2 amide bonds. The zero-order valence-electron chi connectivity index (χ0n) is 16.0. The van der Waals surface area contributed by atoms with Crippen LogP contribution in [0.1, 0.15) is 24.2 Å². The van der Waals surface area contributed by atoms with Crippen LogP contribution in [0.25, 0.3) is 22.2 Å². The van der Waals surface area contributed by atoms with Crippen molar-refractivity contribution in [2.45, 2.75) is 13.8 Å². The number of anilines is 2. The molecule has 0 unspecified atom stereocenters. The van der Waals surface area contributed by atoms with E-state index in [-0.39, 0.29) is 17.7 Å². The standard InChI is InChI=1S/C22H20N4O2S/c1-13(2)20(27)24-15-9-7-14(8-10-15)21(28)26-22-25-19(12-29-22)17-11-23-18-6-4-3-5-16(17)18/h3-13,23H,1-2H3,(H,24,27)(H,25,26,28). The molecule has 0 saturated heterocycles. The van der Waals surface area contributed by atoms with E-state index in [4.69, 9.17) is 0 Å². The van der Waals surface area contributed by atoms with E-state index in [0.717, 1.165) is 22.2 Å². The molecule has 3 N–H and O–H groups in total. The molecular formula is C22H20N4O2S. The Labute approximate surface area is 172 Å². The molecule has 2 aromatic heterocycles. The van der Waals surface area contributed by atoms with Crippen LogP contribution in [0, 0.1) is 5.92 Å². The van der Waals surface area contributed by atoms with E-state index in [1.807, 2.05) is 49.7 Å². The summed E-state index contributed by atoms with van der Waals surface area (Å²) in [5.41, 5.74) is 4.02. The average molecular weight is 404 g/mol. The third-order valence-electron chi connectivity index (χ3n) is 4.53. The summed E-state index contributed by atoms with van der Waals surface area (Å²) in [6.45, 7) is 3.66. The molecule has 0 bridgehead atoms. The molecule has 4 rings (SSSR count). The van der Waals surface area contributed by atoms with Gasteiger partial charge < -0.3 is 10.3 Å². The number of aromatic nitrogens is 2. The number of hydrogen-bond acceptors (Lipinski definition) is 4. The Balaban J connectivity index is 1.46. The molecule has 0 aliphatic carbocycles. The summed E-state index contributed by atoms with van der Waals surface area (Å²) in [6.07, 6.45) is 1.93. The average Bonchev–Trinajstić information content (AvgIpc) is 3.35. The van der Waals surface area contributed by atoms with Gasteiger partial charge >= 0.3 is 0 Å². The van der Waals surface area contributed by atoms with Crippen molar-refractivity contribution in [1.29, 1.82) is 0 Å². The summed E-state index contributed by atoms with van der Waals surface area (Å²) in [5.74, 6) is -0.407. The van der Waals surface area contributed by atoms with E-state index < -0.39 is 0 Å². The third-order valence-corrected chi connectivity index (χ3v) is 5.29. The van der Waals surface area contributed by atoms with Crippen LogP contribution in [0.3, 0.4) is 0 Å². The minimum absolute atomic E-state index is 0.0604. The van der Waals surface area contributed by atoms with E-state index in [1.165, 1.54) is 11.3 Å². The molecule has 0 saturated carbocycles. The van der Waals surface area contributed by atoms with Gasteiger partial charge in [-0.25, -0.2) is 4.98 Å². The first-order valence-electron chi connectivity index (χ1n) is 9.25. The highest BCUT2D eigenvalue weighted by Crippen LogP contribution is 2.31. The number of carbonyl (C=O) groups is 2. The van der Waals surface area contributed by atoms with Crippen LogP contribution in [0.4, 0.5) is 10.8 Å². The summed E-state index contributed by atoms with van der Waals surface area (Å²) >= 11 is 1.38. The first-order valence-corrected chi connectivity index (χ1v) is 10.1. The van der Waals surface area contributed by atoms with E-state index in [1.54, 1.807) is 24.3 Å². The Bertz CT molecular complexity index is 1170. The number of benzene rings is 2. The minimum Gasteiger partial charge on any atom is -0.360 e. The van der Waals surface area contributed by atoms with E-state index in [9.17, 15) is 9.59 Å². The van der Waals surface area contributed by atoms with Crippen molar-refractivity contribution in [1.82, 2.24) is 9.97 Å². The summed E-state index contributed by atoms with van der Waals surface area (Å²) in [5, 5.41) is 9.20. The highest BCUT2D eigenvalue weighted by atomic mass is 32.1. The molecule has 29 heavy (non-hydrogen) atoms. The normalized spacial score (nSPS) is 11.0. The molecule has 6 nitrogen and oxygen atoms in total. The lowest BCUT2D eigenvalue weighted by atomic mass is 10.1. The highest BCUT2D eigenvalue weighted by molar-refractivity contribution is 7.14. The number of fused-ring (bicyclic) bond motifs is 1. The van der Waals surface area contributed by atoms with Crippen molar-refractivity contribution in [2.75, 3.05) is 10.6 Å². The summed E-state index contributed by atoms with van der Waals surface area (Å²) in [6, 6.07) is 14.8. The van der Waals surface area contributed by atoms with Crippen molar-refractivity contribution >= 4 is 44.9 Å². The number of rotatable bonds is 5. The molecule has 0 aliphatic rings. The Morgan fingerprint density at radius 3 is 2.55 bits per heavy atom.